The van der Waals surface area contributed by atoms with E-state index in [1.54, 1.807) is 0 Å². The molecule has 0 rings (SSSR count). The molecule has 0 fully saturated rings. The van der Waals surface area contributed by atoms with Crippen molar-refractivity contribution in [2.45, 2.75) is 270 Å². The van der Waals surface area contributed by atoms with Gasteiger partial charge in [0, 0.05) is 12.8 Å². The van der Waals surface area contributed by atoms with Gasteiger partial charge in [-0.25, -0.2) is 0 Å². The first kappa shape index (κ1) is 85.4. The van der Waals surface area contributed by atoms with Crippen molar-refractivity contribution >= 4 is 17.9 Å². The summed E-state index contributed by atoms with van der Waals surface area (Å²) in [6, 6.07) is 0. The largest absolute Gasteiger partial charge is 0.545 e. The second kappa shape index (κ2) is 70.3. The van der Waals surface area contributed by atoms with Crippen LogP contribution in [0.25, 0.3) is 0 Å². The minimum Gasteiger partial charge on any atom is -0.545 e. The number of quaternary nitrogens is 1. The molecule has 0 spiro atoms. The molecule has 0 aliphatic rings. The van der Waals surface area contributed by atoms with Crippen LogP contribution in [-0.2, 0) is 33.3 Å². The summed E-state index contributed by atoms with van der Waals surface area (Å²) >= 11 is 0. The molecule has 0 aromatic carbocycles. The highest BCUT2D eigenvalue weighted by Gasteiger charge is 2.22. The standard InChI is InChI=1S/C82H131NO8/c1-6-8-10-12-14-16-18-20-22-24-26-28-30-32-34-35-36-37-38-39-40-41-42-43-44-45-47-49-51-53-55-57-59-61-63-65-67-69-71-73-80(85)91-78(77-90-82(81(86)87)88-75-74-83(3,4)5)76-89-79(84)72-70-68-66-64-62-60-58-56-54-52-50-48-46-33-31-29-27-25-23-21-19-17-15-13-11-9-7-2/h8-11,14-17,20-23,26-29,32,34,36-37,39-40,42-43,45,47,51,53,57,59,78,82H,6-7,12-13,18-19,24-25,30-31,33,35,38,41,44,46,48-50,52,54-56,58,60-77H2,1-5H3/b10-8-,11-9-,16-14-,17-15-,22-20-,23-21-,28-26-,29-27-,34-32-,37-36-,40-39-,43-42-,47-45-,53-51-,59-57-. The zero-order valence-corrected chi connectivity index (χ0v) is 58.4. The van der Waals surface area contributed by atoms with Gasteiger partial charge in [-0.05, 0) is 135 Å². The van der Waals surface area contributed by atoms with E-state index in [2.05, 4.69) is 196 Å². The molecular formula is C82H131NO8. The first-order valence-corrected chi connectivity index (χ1v) is 35.9. The Labute approximate surface area is 558 Å². The van der Waals surface area contributed by atoms with Gasteiger partial charge in [-0.15, -0.1) is 0 Å². The van der Waals surface area contributed by atoms with Crippen molar-refractivity contribution in [1.82, 2.24) is 0 Å². The van der Waals surface area contributed by atoms with Crippen LogP contribution in [0.3, 0.4) is 0 Å². The third kappa shape index (κ3) is 71.7. The van der Waals surface area contributed by atoms with E-state index in [4.69, 9.17) is 18.9 Å². The number of carbonyl (C=O) groups excluding carboxylic acids is 3. The SMILES string of the molecule is CC/C=C\C/C=C\C/C=C\C/C=C\C/C=C\C/C=C\C/C=C\C/C=C\C/C=C\C/C=C\C/C=C\CCCCCCCC(=O)OC(COC(=O)CCCCCCCCCCCCCCCC/C=C\C/C=C\C/C=C\C/C=C\CC)COC(OCC[N+](C)(C)C)C(=O)[O-]. The summed E-state index contributed by atoms with van der Waals surface area (Å²) in [6.45, 7) is 4.49. The van der Waals surface area contributed by atoms with Gasteiger partial charge in [-0.3, -0.25) is 9.59 Å². The third-order valence-electron chi connectivity index (χ3n) is 14.6. The Morgan fingerprint density at radius 1 is 0.330 bits per heavy atom. The van der Waals surface area contributed by atoms with Crippen molar-refractivity contribution in [3.8, 4) is 0 Å². The zero-order chi connectivity index (χ0) is 66.1. The number of unbranched alkanes of at least 4 members (excludes halogenated alkanes) is 19. The molecule has 9 heteroatoms. The summed E-state index contributed by atoms with van der Waals surface area (Å²) in [5, 5.41) is 11.8. The van der Waals surface area contributed by atoms with Gasteiger partial charge in [0.15, 0.2) is 12.4 Å². The van der Waals surface area contributed by atoms with E-state index >= 15 is 0 Å². The van der Waals surface area contributed by atoms with Crippen LogP contribution in [0.5, 0.6) is 0 Å². The number of rotatable bonds is 64. The Kier molecular flexibility index (Phi) is 65.9. The van der Waals surface area contributed by atoms with Crippen LogP contribution in [-0.4, -0.2) is 82.3 Å². The molecule has 2 unspecified atom stereocenters. The number of esters is 2. The van der Waals surface area contributed by atoms with Gasteiger partial charge < -0.3 is 33.3 Å². The van der Waals surface area contributed by atoms with Crippen molar-refractivity contribution < 1.29 is 42.9 Å². The van der Waals surface area contributed by atoms with Gasteiger partial charge in [-0.1, -0.05) is 292 Å². The van der Waals surface area contributed by atoms with E-state index < -0.39 is 24.3 Å². The van der Waals surface area contributed by atoms with Crippen molar-refractivity contribution in [1.29, 1.82) is 0 Å². The molecule has 9 nitrogen and oxygen atoms in total. The average Bonchev–Trinajstić information content (AvgIpc) is 3.46. The predicted octanol–water partition coefficient (Wildman–Crippen LogP) is 21.5. The summed E-state index contributed by atoms with van der Waals surface area (Å²) < 4.78 is 22.8. The number of hydrogen-bond donors (Lipinski definition) is 0. The highest BCUT2D eigenvalue weighted by atomic mass is 16.7. The molecule has 0 saturated carbocycles. The maximum absolute atomic E-state index is 12.9. The van der Waals surface area contributed by atoms with Crippen LogP contribution in [0.2, 0.25) is 0 Å². The smallest absolute Gasteiger partial charge is 0.306 e. The summed E-state index contributed by atoms with van der Waals surface area (Å²) in [6.07, 6.45) is 104. The summed E-state index contributed by atoms with van der Waals surface area (Å²) in [7, 11) is 5.91. The Morgan fingerprint density at radius 3 is 0.879 bits per heavy atom. The Hall–Kier alpha value is -5.61. The fourth-order valence-corrected chi connectivity index (χ4v) is 9.24. The van der Waals surface area contributed by atoms with Crippen molar-refractivity contribution in [2.75, 3.05) is 47.5 Å². The number of ether oxygens (including phenoxy) is 4. The molecule has 0 radical (unpaired) electrons. The predicted molar refractivity (Wildman–Crippen MR) is 388 cm³/mol. The number of carbonyl (C=O) groups is 3. The number of hydrogen-bond acceptors (Lipinski definition) is 8. The lowest BCUT2D eigenvalue weighted by Gasteiger charge is -2.26. The van der Waals surface area contributed by atoms with Gasteiger partial charge in [0.25, 0.3) is 0 Å². The fraction of sp³-hybridized carbons (Fsp3) is 0.598. The summed E-state index contributed by atoms with van der Waals surface area (Å²) in [5.41, 5.74) is 0. The lowest BCUT2D eigenvalue weighted by molar-refractivity contribution is -0.870. The van der Waals surface area contributed by atoms with Gasteiger partial charge >= 0.3 is 11.9 Å². The molecule has 0 heterocycles. The molecule has 0 bridgehead atoms. The van der Waals surface area contributed by atoms with Gasteiger partial charge in [-0.2, -0.15) is 0 Å². The number of carboxylic acids is 1. The fourth-order valence-electron chi connectivity index (χ4n) is 9.24. The number of carboxylic acid groups (broad SMARTS) is 1. The average molecular weight is 1260 g/mol. The molecule has 91 heavy (non-hydrogen) atoms. The highest BCUT2D eigenvalue weighted by Crippen LogP contribution is 2.16. The van der Waals surface area contributed by atoms with Crippen molar-refractivity contribution in [3.05, 3.63) is 182 Å². The van der Waals surface area contributed by atoms with E-state index in [9.17, 15) is 19.5 Å². The van der Waals surface area contributed by atoms with Crippen LogP contribution < -0.4 is 5.11 Å². The molecule has 0 saturated heterocycles. The first-order chi connectivity index (χ1) is 44.6. The number of allylic oxidation sites excluding steroid dienone is 30. The van der Waals surface area contributed by atoms with Crippen LogP contribution >= 0.6 is 0 Å². The lowest BCUT2D eigenvalue weighted by atomic mass is 10.0. The van der Waals surface area contributed by atoms with Gasteiger partial charge in [0.1, 0.15) is 13.2 Å². The number of aliphatic carboxylic acids is 1. The van der Waals surface area contributed by atoms with Gasteiger partial charge in [0.05, 0.1) is 40.3 Å². The molecule has 0 aromatic heterocycles. The minimum atomic E-state index is -1.64. The maximum Gasteiger partial charge on any atom is 0.306 e. The van der Waals surface area contributed by atoms with Crippen molar-refractivity contribution in [3.63, 3.8) is 0 Å². The maximum atomic E-state index is 12.9. The second-order valence-corrected chi connectivity index (χ2v) is 24.4. The molecular weight excluding hydrogens is 1130 g/mol. The molecule has 0 amide bonds. The third-order valence-corrected chi connectivity index (χ3v) is 14.6. The molecule has 2 atom stereocenters. The molecule has 0 aliphatic heterocycles. The molecule has 0 N–H and O–H groups in total. The van der Waals surface area contributed by atoms with E-state index in [1.165, 1.54) is 77.0 Å². The summed E-state index contributed by atoms with van der Waals surface area (Å²) in [5.74, 6) is -2.32. The second-order valence-electron chi connectivity index (χ2n) is 24.4. The Balaban J connectivity index is 4.22. The quantitative estimate of drug-likeness (QED) is 0.0195. The summed E-state index contributed by atoms with van der Waals surface area (Å²) in [4.78, 5) is 37.5. The van der Waals surface area contributed by atoms with E-state index in [0.717, 1.165) is 148 Å². The van der Waals surface area contributed by atoms with Crippen LogP contribution in [0.4, 0.5) is 0 Å². The monoisotopic (exact) mass is 1260 g/mol. The molecule has 512 valence electrons. The van der Waals surface area contributed by atoms with E-state index in [1.807, 2.05) is 21.1 Å². The van der Waals surface area contributed by atoms with Crippen molar-refractivity contribution in [2.24, 2.45) is 0 Å². The minimum absolute atomic E-state index is 0.134. The number of likely N-dealkylation sites (N-methyl/N-ethyl adjacent to an activating group) is 1. The van der Waals surface area contributed by atoms with Crippen LogP contribution in [0, 0.1) is 0 Å². The molecule has 0 aromatic rings. The highest BCUT2D eigenvalue weighted by molar-refractivity contribution is 5.70. The lowest BCUT2D eigenvalue weighted by Crippen LogP contribution is -2.44. The topological polar surface area (TPSA) is 111 Å². The van der Waals surface area contributed by atoms with Crippen LogP contribution in [0.15, 0.2) is 182 Å². The normalized spacial score (nSPS) is 13.8. The van der Waals surface area contributed by atoms with Crippen LogP contribution in [0.1, 0.15) is 258 Å². The Morgan fingerprint density at radius 2 is 0.593 bits per heavy atom. The number of nitrogens with zero attached hydrogens (tertiary/aromatic N) is 1. The Bertz CT molecular complexity index is 2150. The van der Waals surface area contributed by atoms with Gasteiger partial charge in [0.2, 0.25) is 0 Å². The zero-order valence-electron chi connectivity index (χ0n) is 58.4. The first-order valence-electron chi connectivity index (χ1n) is 35.9. The van der Waals surface area contributed by atoms with E-state index in [0.29, 0.717) is 17.4 Å². The molecule has 0 aliphatic carbocycles. The van der Waals surface area contributed by atoms with E-state index in [-0.39, 0.29) is 38.6 Å².